The molecule has 1 amide bonds. The zero-order valence-electron chi connectivity index (χ0n) is 10.6. The maximum Gasteiger partial charge on any atom is 0.222 e. The first-order chi connectivity index (χ1) is 7.81. The van der Waals surface area contributed by atoms with Crippen molar-refractivity contribution in [2.45, 2.75) is 39.0 Å². The number of hydrogen-bond acceptors (Lipinski definition) is 3. The standard InChI is InChI=1S/C12H25NO3/c1-3-4-5-6-8-15-10-11-16-9-7-12(14)13-2/h3-11H2,1-2H3,(H,13,14). The van der Waals surface area contributed by atoms with Crippen molar-refractivity contribution < 1.29 is 14.3 Å². The van der Waals surface area contributed by atoms with E-state index < -0.39 is 0 Å². The molecule has 0 aliphatic rings. The zero-order valence-corrected chi connectivity index (χ0v) is 10.6. The highest BCUT2D eigenvalue weighted by molar-refractivity contribution is 5.75. The molecule has 4 nitrogen and oxygen atoms in total. The second-order valence-electron chi connectivity index (χ2n) is 3.71. The van der Waals surface area contributed by atoms with Crippen molar-refractivity contribution in [1.29, 1.82) is 0 Å². The van der Waals surface area contributed by atoms with Crippen LogP contribution in [0.4, 0.5) is 0 Å². The summed E-state index contributed by atoms with van der Waals surface area (Å²) < 4.78 is 10.6. The van der Waals surface area contributed by atoms with E-state index in [1.165, 1.54) is 19.3 Å². The van der Waals surface area contributed by atoms with Gasteiger partial charge in [-0.15, -0.1) is 0 Å². The van der Waals surface area contributed by atoms with Crippen LogP contribution in [0, 0.1) is 0 Å². The Morgan fingerprint density at radius 2 is 1.69 bits per heavy atom. The first-order valence-electron chi connectivity index (χ1n) is 6.17. The van der Waals surface area contributed by atoms with Gasteiger partial charge in [0.1, 0.15) is 0 Å². The van der Waals surface area contributed by atoms with Gasteiger partial charge in [-0.1, -0.05) is 26.2 Å². The summed E-state index contributed by atoms with van der Waals surface area (Å²) in [6.45, 7) is 4.68. The molecule has 0 rings (SSSR count). The second kappa shape index (κ2) is 12.5. The van der Waals surface area contributed by atoms with Gasteiger partial charge in [0, 0.05) is 20.1 Å². The molecule has 96 valence electrons. The second-order valence-corrected chi connectivity index (χ2v) is 3.71. The minimum absolute atomic E-state index is 0.0143. The molecule has 0 bridgehead atoms. The third kappa shape index (κ3) is 11.5. The van der Waals surface area contributed by atoms with E-state index in [1.807, 2.05) is 0 Å². The number of nitrogens with one attached hydrogen (secondary N) is 1. The molecule has 0 radical (unpaired) electrons. The van der Waals surface area contributed by atoms with Gasteiger partial charge in [-0.25, -0.2) is 0 Å². The molecule has 0 aliphatic carbocycles. The summed E-state index contributed by atoms with van der Waals surface area (Å²) in [6.07, 6.45) is 5.34. The Labute approximate surface area is 98.7 Å². The van der Waals surface area contributed by atoms with E-state index in [4.69, 9.17) is 9.47 Å². The van der Waals surface area contributed by atoms with Crippen molar-refractivity contribution in [2.24, 2.45) is 0 Å². The van der Waals surface area contributed by atoms with Crippen LogP contribution in [-0.2, 0) is 14.3 Å². The number of ether oxygens (including phenoxy) is 2. The van der Waals surface area contributed by atoms with Gasteiger partial charge in [0.05, 0.1) is 19.8 Å². The lowest BCUT2D eigenvalue weighted by Crippen LogP contribution is -2.19. The summed E-state index contributed by atoms with van der Waals surface area (Å²) in [5, 5.41) is 2.55. The van der Waals surface area contributed by atoms with Gasteiger partial charge >= 0.3 is 0 Å². The average Bonchev–Trinajstić information content (AvgIpc) is 2.31. The number of rotatable bonds is 11. The van der Waals surface area contributed by atoms with Crippen LogP contribution in [0.25, 0.3) is 0 Å². The summed E-state index contributed by atoms with van der Waals surface area (Å²) in [7, 11) is 1.63. The molecule has 0 aliphatic heterocycles. The molecule has 0 aromatic carbocycles. The maximum absolute atomic E-state index is 10.8. The highest BCUT2D eigenvalue weighted by Crippen LogP contribution is 1.98. The van der Waals surface area contributed by atoms with Crippen molar-refractivity contribution in [1.82, 2.24) is 5.32 Å². The van der Waals surface area contributed by atoms with Crippen LogP contribution in [-0.4, -0.2) is 39.4 Å². The zero-order chi connectivity index (χ0) is 12.1. The molecule has 0 spiro atoms. The first kappa shape index (κ1) is 15.4. The molecular weight excluding hydrogens is 206 g/mol. The topological polar surface area (TPSA) is 47.6 Å². The Balaban J connectivity index is 2.96. The predicted molar refractivity (Wildman–Crippen MR) is 64.5 cm³/mol. The number of carbonyl (C=O) groups excluding carboxylic acids is 1. The quantitative estimate of drug-likeness (QED) is 0.551. The van der Waals surface area contributed by atoms with E-state index >= 15 is 0 Å². The fourth-order valence-electron chi connectivity index (χ4n) is 1.24. The van der Waals surface area contributed by atoms with Crippen molar-refractivity contribution in [3.63, 3.8) is 0 Å². The predicted octanol–water partition coefficient (Wildman–Crippen LogP) is 1.74. The molecule has 0 saturated carbocycles. The van der Waals surface area contributed by atoms with E-state index in [9.17, 15) is 4.79 Å². The average molecular weight is 231 g/mol. The molecule has 0 aromatic rings. The molecule has 4 heteroatoms. The fraction of sp³-hybridized carbons (Fsp3) is 0.917. The first-order valence-corrected chi connectivity index (χ1v) is 6.17. The van der Waals surface area contributed by atoms with Crippen molar-refractivity contribution in [3.8, 4) is 0 Å². The number of carbonyl (C=O) groups is 1. The van der Waals surface area contributed by atoms with Gasteiger partial charge in [-0.05, 0) is 6.42 Å². The van der Waals surface area contributed by atoms with Crippen LogP contribution >= 0.6 is 0 Å². The third-order valence-electron chi connectivity index (χ3n) is 2.27. The molecule has 1 N–H and O–H groups in total. The number of amides is 1. The molecule has 0 aromatic heterocycles. The van der Waals surface area contributed by atoms with Crippen molar-refractivity contribution in [3.05, 3.63) is 0 Å². The molecule has 0 saturated heterocycles. The van der Waals surface area contributed by atoms with Gasteiger partial charge in [0.15, 0.2) is 0 Å². The SMILES string of the molecule is CCCCCCOCCOCCC(=O)NC. The van der Waals surface area contributed by atoms with Gasteiger partial charge < -0.3 is 14.8 Å². The lowest BCUT2D eigenvalue weighted by atomic mass is 10.2. The van der Waals surface area contributed by atoms with E-state index in [0.717, 1.165) is 13.0 Å². The molecule has 16 heavy (non-hydrogen) atoms. The lowest BCUT2D eigenvalue weighted by molar-refractivity contribution is -0.121. The van der Waals surface area contributed by atoms with Crippen LogP contribution in [0.1, 0.15) is 39.0 Å². The van der Waals surface area contributed by atoms with Gasteiger partial charge in [-0.2, -0.15) is 0 Å². The van der Waals surface area contributed by atoms with Crippen LogP contribution in [0.5, 0.6) is 0 Å². The molecule has 0 unspecified atom stereocenters. The summed E-state index contributed by atoms with van der Waals surface area (Å²) in [6, 6.07) is 0. The number of unbranched alkanes of at least 4 members (excludes halogenated alkanes) is 3. The maximum atomic E-state index is 10.8. The third-order valence-corrected chi connectivity index (χ3v) is 2.27. The largest absolute Gasteiger partial charge is 0.379 e. The number of hydrogen-bond donors (Lipinski definition) is 1. The van der Waals surface area contributed by atoms with Crippen LogP contribution < -0.4 is 5.32 Å². The van der Waals surface area contributed by atoms with Crippen LogP contribution in [0.15, 0.2) is 0 Å². The van der Waals surface area contributed by atoms with E-state index in [0.29, 0.717) is 26.2 Å². The highest BCUT2D eigenvalue weighted by Gasteiger charge is 1.96. The Bertz CT molecular complexity index is 162. The lowest BCUT2D eigenvalue weighted by Gasteiger charge is -2.05. The minimum atomic E-state index is 0.0143. The van der Waals surface area contributed by atoms with Gasteiger partial charge in [0.25, 0.3) is 0 Å². The Hall–Kier alpha value is -0.610. The minimum Gasteiger partial charge on any atom is -0.379 e. The molecule has 0 atom stereocenters. The Morgan fingerprint density at radius 1 is 1.00 bits per heavy atom. The van der Waals surface area contributed by atoms with Crippen molar-refractivity contribution in [2.75, 3.05) is 33.5 Å². The Morgan fingerprint density at radius 3 is 2.31 bits per heavy atom. The van der Waals surface area contributed by atoms with Gasteiger partial charge in [-0.3, -0.25) is 4.79 Å². The Kier molecular flexibility index (Phi) is 12.0. The van der Waals surface area contributed by atoms with Crippen LogP contribution in [0.3, 0.4) is 0 Å². The van der Waals surface area contributed by atoms with Crippen LogP contribution in [0.2, 0.25) is 0 Å². The normalized spacial score (nSPS) is 10.4. The monoisotopic (exact) mass is 231 g/mol. The van der Waals surface area contributed by atoms with E-state index in [-0.39, 0.29) is 5.91 Å². The van der Waals surface area contributed by atoms with E-state index in [2.05, 4.69) is 12.2 Å². The fourth-order valence-corrected chi connectivity index (χ4v) is 1.24. The molecular formula is C12H25NO3. The summed E-state index contributed by atoms with van der Waals surface area (Å²) in [5.74, 6) is 0.0143. The highest BCUT2D eigenvalue weighted by atomic mass is 16.5. The van der Waals surface area contributed by atoms with Gasteiger partial charge in [0.2, 0.25) is 5.91 Å². The molecule has 0 fully saturated rings. The summed E-state index contributed by atoms with van der Waals surface area (Å²) in [5.41, 5.74) is 0. The summed E-state index contributed by atoms with van der Waals surface area (Å²) >= 11 is 0. The summed E-state index contributed by atoms with van der Waals surface area (Å²) in [4.78, 5) is 10.8. The van der Waals surface area contributed by atoms with Crippen molar-refractivity contribution >= 4 is 5.91 Å². The molecule has 0 heterocycles. The smallest absolute Gasteiger partial charge is 0.222 e. The van der Waals surface area contributed by atoms with E-state index in [1.54, 1.807) is 7.05 Å².